The molecule has 94 valence electrons. The van der Waals surface area contributed by atoms with E-state index in [9.17, 15) is 0 Å². The smallest absolute Gasteiger partial charge is 0.213 e. The molecular formula is C12H14N4OS. The lowest BCUT2D eigenvalue weighted by molar-refractivity contribution is 0.410. The van der Waals surface area contributed by atoms with Crippen molar-refractivity contribution in [3.63, 3.8) is 0 Å². The van der Waals surface area contributed by atoms with Gasteiger partial charge in [-0.1, -0.05) is 17.4 Å². The van der Waals surface area contributed by atoms with Gasteiger partial charge in [0, 0.05) is 24.2 Å². The number of anilines is 1. The molecule has 0 unspecified atom stereocenters. The number of nitrogens with one attached hydrogen (secondary N) is 1. The van der Waals surface area contributed by atoms with E-state index >= 15 is 0 Å². The fraction of sp³-hybridized carbons (Fsp3) is 0.250. The third kappa shape index (κ3) is 3.04. The molecule has 18 heavy (non-hydrogen) atoms. The van der Waals surface area contributed by atoms with Gasteiger partial charge in [-0.2, -0.15) is 4.98 Å². The standard InChI is InChI=1S/C12H14N4OS/c1-8-6-9(2-3-10(8)12(13)18)14-5-4-11-15-7-17-16-11/h2-3,6-7,14H,4-5H2,1H3,(H2,13,18). The van der Waals surface area contributed by atoms with Crippen LogP contribution >= 0.6 is 12.2 Å². The van der Waals surface area contributed by atoms with E-state index in [1.807, 2.05) is 25.1 Å². The van der Waals surface area contributed by atoms with E-state index in [0.717, 1.165) is 23.4 Å². The van der Waals surface area contributed by atoms with Gasteiger partial charge in [0.1, 0.15) is 4.99 Å². The van der Waals surface area contributed by atoms with E-state index in [0.29, 0.717) is 17.2 Å². The lowest BCUT2D eigenvalue weighted by Gasteiger charge is -2.09. The molecule has 3 N–H and O–H groups in total. The lowest BCUT2D eigenvalue weighted by Crippen LogP contribution is -2.12. The summed E-state index contributed by atoms with van der Waals surface area (Å²) in [5, 5.41) is 7.03. The quantitative estimate of drug-likeness (QED) is 0.798. The zero-order valence-electron chi connectivity index (χ0n) is 10.0. The van der Waals surface area contributed by atoms with Crippen LogP contribution in [0.2, 0.25) is 0 Å². The van der Waals surface area contributed by atoms with Crippen molar-refractivity contribution >= 4 is 22.9 Å². The SMILES string of the molecule is Cc1cc(NCCc2ncon2)ccc1C(N)=S. The summed E-state index contributed by atoms with van der Waals surface area (Å²) in [5.41, 5.74) is 8.61. The number of hydrogen-bond acceptors (Lipinski definition) is 5. The average molecular weight is 262 g/mol. The first kappa shape index (κ1) is 12.5. The molecule has 0 aliphatic heterocycles. The predicted octanol–water partition coefficient (Wildman–Crippen LogP) is 1.67. The van der Waals surface area contributed by atoms with Crippen LogP contribution in [0.3, 0.4) is 0 Å². The zero-order valence-corrected chi connectivity index (χ0v) is 10.8. The van der Waals surface area contributed by atoms with Crippen LogP contribution in [0.15, 0.2) is 29.1 Å². The number of nitrogens with zero attached hydrogens (tertiary/aromatic N) is 2. The molecule has 1 aromatic carbocycles. The Morgan fingerprint density at radius 2 is 2.33 bits per heavy atom. The summed E-state index contributed by atoms with van der Waals surface area (Å²) in [5.74, 6) is 0.693. The Morgan fingerprint density at radius 1 is 1.50 bits per heavy atom. The highest BCUT2D eigenvalue weighted by atomic mass is 32.1. The third-order valence-corrected chi connectivity index (χ3v) is 2.80. The topological polar surface area (TPSA) is 77.0 Å². The number of rotatable bonds is 5. The van der Waals surface area contributed by atoms with Crippen molar-refractivity contribution in [1.82, 2.24) is 10.1 Å². The summed E-state index contributed by atoms with van der Waals surface area (Å²) >= 11 is 4.96. The third-order valence-electron chi connectivity index (χ3n) is 2.58. The number of nitrogens with two attached hydrogens (primary N) is 1. The minimum Gasteiger partial charge on any atom is -0.389 e. The van der Waals surface area contributed by atoms with Gasteiger partial charge in [0.15, 0.2) is 5.82 Å². The average Bonchev–Trinajstić information content (AvgIpc) is 2.81. The van der Waals surface area contributed by atoms with Crippen molar-refractivity contribution in [2.45, 2.75) is 13.3 Å². The maximum Gasteiger partial charge on any atom is 0.213 e. The number of hydrogen-bond donors (Lipinski definition) is 2. The van der Waals surface area contributed by atoms with E-state index in [2.05, 4.69) is 20.0 Å². The van der Waals surface area contributed by atoms with Gasteiger partial charge in [0.05, 0.1) is 0 Å². The molecule has 0 saturated heterocycles. The van der Waals surface area contributed by atoms with Gasteiger partial charge < -0.3 is 15.6 Å². The lowest BCUT2D eigenvalue weighted by atomic mass is 10.1. The van der Waals surface area contributed by atoms with E-state index in [1.54, 1.807) is 0 Å². The summed E-state index contributed by atoms with van der Waals surface area (Å²) in [6, 6.07) is 5.90. The number of thiocarbonyl (C=S) groups is 1. The maximum absolute atomic E-state index is 5.61. The Morgan fingerprint density at radius 3 is 2.94 bits per heavy atom. The van der Waals surface area contributed by atoms with Crippen LogP contribution in [0.1, 0.15) is 17.0 Å². The van der Waals surface area contributed by atoms with Crippen molar-refractivity contribution < 1.29 is 4.52 Å². The Balaban J connectivity index is 1.94. The fourth-order valence-corrected chi connectivity index (χ4v) is 1.90. The molecule has 0 atom stereocenters. The predicted molar refractivity (Wildman–Crippen MR) is 73.6 cm³/mol. The van der Waals surface area contributed by atoms with Crippen LogP contribution in [-0.2, 0) is 6.42 Å². The van der Waals surface area contributed by atoms with Gasteiger partial charge in [-0.25, -0.2) is 0 Å². The fourth-order valence-electron chi connectivity index (χ4n) is 1.67. The summed E-state index contributed by atoms with van der Waals surface area (Å²) in [4.78, 5) is 4.37. The van der Waals surface area contributed by atoms with Crippen LogP contribution < -0.4 is 11.1 Å². The van der Waals surface area contributed by atoms with Gasteiger partial charge in [-0.3, -0.25) is 0 Å². The first-order valence-corrected chi connectivity index (χ1v) is 5.97. The van der Waals surface area contributed by atoms with E-state index in [4.69, 9.17) is 18.0 Å². The van der Waals surface area contributed by atoms with Crippen LogP contribution in [0, 0.1) is 6.92 Å². The van der Waals surface area contributed by atoms with Gasteiger partial charge in [0.25, 0.3) is 0 Å². The van der Waals surface area contributed by atoms with Crippen molar-refractivity contribution in [3.05, 3.63) is 41.5 Å². The van der Waals surface area contributed by atoms with Crippen molar-refractivity contribution in [2.75, 3.05) is 11.9 Å². The zero-order chi connectivity index (χ0) is 13.0. The minimum atomic E-state index is 0.422. The van der Waals surface area contributed by atoms with Crippen molar-refractivity contribution in [1.29, 1.82) is 0 Å². The van der Waals surface area contributed by atoms with Gasteiger partial charge in [-0.05, 0) is 30.7 Å². The molecule has 2 aromatic rings. The first-order chi connectivity index (χ1) is 8.66. The van der Waals surface area contributed by atoms with Gasteiger partial charge in [0.2, 0.25) is 6.39 Å². The largest absolute Gasteiger partial charge is 0.389 e. The molecule has 0 amide bonds. The van der Waals surface area contributed by atoms with E-state index in [1.165, 1.54) is 6.39 Å². The summed E-state index contributed by atoms with van der Waals surface area (Å²) in [7, 11) is 0. The number of benzene rings is 1. The molecule has 0 aliphatic carbocycles. The second-order valence-electron chi connectivity index (χ2n) is 3.92. The molecule has 1 aromatic heterocycles. The first-order valence-electron chi connectivity index (χ1n) is 5.56. The highest BCUT2D eigenvalue weighted by Gasteiger charge is 2.03. The Hall–Kier alpha value is -1.95. The van der Waals surface area contributed by atoms with E-state index < -0.39 is 0 Å². The van der Waals surface area contributed by atoms with E-state index in [-0.39, 0.29) is 0 Å². The number of aryl methyl sites for hydroxylation is 1. The molecule has 0 spiro atoms. The molecule has 0 saturated carbocycles. The molecule has 0 bridgehead atoms. The van der Waals surface area contributed by atoms with Gasteiger partial charge >= 0.3 is 0 Å². The normalized spacial score (nSPS) is 10.3. The molecule has 0 fully saturated rings. The summed E-state index contributed by atoms with van der Waals surface area (Å²) < 4.78 is 4.66. The van der Waals surface area contributed by atoms with Crippen LogP contribution in [0.25, 0.3) is 0 Å². The molecule has 0 aliphatic rings. The molecule has 6 heteroatoms. The van der Waals surface area contributed by atoms with Crippen LogP contribution in [-0.4, -0.2) is 21.7 Å². The highest BCUT2D eigenvalue weighted by molar-refractivity contribution is 7.80. The van der Waals surface area contributed by atoms with Crippen LogP contribution in [0.4, 0.5) is 5.69 Å². The minimum absolute atomic E-state index is 0.422. The Labute approximate surface area is 110 Å². The van der Waals surface area contributed by atoms with Gasteiger partial charge in [-0.15, -0.1) is 0 Å². The summed E-state index contributed by atoms with van der Waals surface area (Å²) in [6.07, 6.45) is 2.04. The molecule has 2 rings (SSSR count). The number of aromatic nitrogens is 2. The van der Waals surface area contributed by atoms with Crippen molar-refractivity contribution in [3.8, 4) is 0 Å². The van der Waals surface area contributed by atoms with Crippen LogP contribution in [0.5, 0.6) is 0 Å². The second kappa shape index (κ2) is 5.59. The van der Waals surface area contributed by atoms with Crippen molar-refractivity contribution in [2.24, 2.45) is 5.73 Å². The molecule has 5 nitrogen and oxygen atoms in total. The Kier molecular flexibility index (Phi) is 3.88. The molecule has 0 radical (unpaired) electrons. The monoisotopic (exact) mass is 262 g/mol. The summed E-state index contributed by atoms with van der Waals surface area (Å²) in [6.45, 7) is 2.73. The molecular weight excluding hydrogens is 248 g/mol. The highest BCUT2D eigenvalue weighted by Crippen LogP contribution is 2.15. The Bertz CT molecular complexity index is 539. The maximum atomic E-state index is 5.61. The molecule has 1 heterocycles. The second-order valence-corrected chi connectivity index (χ2v) is 4.36.